The van der Waals surface area contributed by atoms with Crippen molar-refractivity contribution in [2.45, 2.75) is 6.54 Å². The van der Waals surface area contributed by atoms with Crippen LogP contribution in [0.25, 0.3) is 22.1 Å². The Bertz CT molecular complexity index is 1390. The number of anilines is 1. The van der Waals surface area contributed by atoms with E-state index in [1.165, 1.54) is 23.2 Å². The molecule has 0 saturated carbocycles. The molecule has 1 aliphatic rings. The second-order valence-corrected chi connectivity index (χ2v) is 7.45. The number of nitro groups is 1. The summed E-state index contributed by atoms with van der Waals surface area (Å²) >= 11 is 0. The Labute approximate surface area is 180 Å². The third-order valence-electron chi connectivity index (χ3n) is 5.56. The second-order valence-electron chi connectivity index (χ2n) is 7.45. The van der Waals surface area contributed by atoms with Gasteiger partial charge in [0.25, 0.3) is 11.2 Å². The van der Waals surface area contributed by atoms with Crippen LogP contribution in [0.4, 0.5) is 11.5 Å². The molecule has 0 unspecified atom stereocenters. The molecule has 4 heterocycles. The Morgan fingerprint density at radius 2 is 1.88 bits per heavy atom. The summed E-state index contributed by atoms with van der Waals surface area (Å²) in [7, 11) is 0. The van der Waals surface area contributed by atoms with Gasteiger partial charge in [-0.25, -0.2) is 9.97 Å². The fourth-order valence-corrected chi connectivity index (χ4v) is 3.83. The van der Waals surface area contributed by atoms with Crippen molar-refractivity contribution in [2.75, 3.05) is 31.1 Å². The molecule has 1 aromatic carbocycles. The van der Waals surface area contributed by atoms with Gasteiger partial charge in [0, 0.05) is 37.6 Å². The Morgan fingerprint density at radius 1 is 1.09 bits per heavy atom. The molecular weight excluding hydrogens is 416 g/mol. The minimum atomic E-state index is -0.493. The molecule has 0 radical (unpaired) electrons. The van der Waals surface area contributed by atoms with Gasteiger partial charge in [-0.15, -0.1) is 0 Å². The zero-order valence-electron chi connectivity index (χ0n) is 16.9. The molecule has 1 amide bonds. The van der Waals surface area contributed by atoms with Crippen molar-refractivity contribution in [3.63, 3.8) is 0 Å². The first kappa shape index (κ1) is 19.7. The number of carbonyl (C=O) groups is 1. The van der Waals surface area contributed by atoms with Crippen LogP contribution in [-0.4, -0.2) is 56.4 Å². The molecule has 32 heavy (non-hydrogen) atoms. The van der Waals surface area contributed by atoms with Crippen LogP contribution in [0.15, 0.2) is 58.1 Å². The highest BCUT2D eigenvalue weighted by Crippen LogP contribution is 2.24. The zero-order chi connectivity index (χ0) is 22.2. The molecule has 11 heteroatoms. The summed E-state index contributed by atoms with van der Waals surface area (Å²) in [5.41, 5.74) is 0.734. The molecule has 0 bridgehead atoms. The van der Waals surface area contributed by atoms with E-state index in [1.54, 1.807) is 17.0 Å². The number of furan rings is 1. The van der Waals surface area contributed by atoms with Crippen LogP contribution < -0.4 is 10.5 Å². The number of piperazine rings is 1. The summed E-state index contributed by atoms with van der Waals surface area (Å²) in [6.45, 7) is 1.84. The van der Waals surface area contributed by atoms with Gasteiger partial charge in [-0.2, -0.15) is 0 Å². The number of hydrogen-bond acceptors (Lipinski definition) is 8. The number of para-hydroxylation sites is 1. The molecule has 11 nitrogen and oxygen atoms in total. The fourth-order valence-electron chi connectivity index (χ4n) is 3.83. The maximum atomic E-state index is 12.8. The van der Waals surface area contributed by atoms with E-state index in [0.717, 1.165) is 5.39 Å². The van der Waals surface area contributed by atoms with Crippen molar-refractivity contribution in [2.24, 2.45) is 0 Å². The highest BCUT2D eigenvalue weighted by Gasteiger charge is 2.23. The normalized spacial score (nSPS) is 14.2. The SMILES string of the molecule is O=C(Cn1cnc2c(oc3ccccc32)c1=O)N1CCN(c2ccc([N+](=O)[O-])cn2)CC1. The number of benzene rings is 1. The summed E-state index contributed by atoms with van der Waals surface area (Å²) in [6.07, 6.45) is 2.60. The van der Waals surface area contributed by atoms with Crippen molar-refractivity contribution >= 4 is 39.5 Å². The lowest BCUT2D eigenvalue weighted by Crippen LogP contribution is -2.50. The third kappa shape index (κ3) is 3.43. The molecule has 1 saturated heterocycles. The summed E-state index contributed by atoms with van der Waals surface area (Å²) in [6, 6.07) is 10.3. The lowest BCUT2D eigenvalue weighted by atomic mass is 10.2. The van der Waals surface area contributed by atoms with E-state index in [4.69, 9.17) is 4.42 Å². The van der Waals surface area contributed by atoms with Gasteiger partial charge in [-0.1, -0.05) is 12.1 Å². The predicted molar refractivity (Wildman–Crippen MR) is 115 cm³/mol. The van der Waals surface area contributed by atoms with Crippen molar-refractivity contribution in [1.82, 2.24) is 19.4 Å². The summed E-state index contributed by atoms with van der Waals surface area (Å²) in [5.74, 6) is 0.430. The van der Waals surface area contributed by atoms with E-state index in [9.17, 15) is 19.7 Å². The van der Waals surface area contributed by atoms with Crippen LogP contribution in [0.2, 0.25) is 0 Å². The third-order valence-corrected chi connectivity index (χ3v) is 5.56. The standard InChI is InChI=1S/C21H18N6O5/c28-18(25-9-7-24(8-10-25)17-6-5-14(11-22-17)27(30)31)12-26-13-23-19-15-3-1-2-4-16(15)32-20(19)21(26)29/h1-6,11,13H,7-10,12H2. The van der Waals surface area contributed by atoms with Gasteiger partial charge < -0.3 is 14.2 Å². The zero-order valence-corrected chi connectivity index (χ0v) is 16.9. The van der Waals surface area contributed by atoms with Crippen LogP contribution in [0, 0.1) is 10.1 Å². The van der Waals surface area contributed by atoms with Gasteiger partial charge in [0.15, 0.2) is 0 Å². The van der Waals surface area contributed by atoms with Crippen LogP contribution in [0.1, 0.15) is 0 Å². The van der Waals surface area contributed by atoms with Gasteiger partial charge in [0.05, 0.1) is 11.3 Å². The molecule has 4 aromatic rings. The minimum absolute atomic E-state index is 0.0666. The molecule has 0 aliphatic carbocycles. The molecular formula is C21H18N6O5. The summed E-state index contributed by atoms with van der Waals surface area (Å²) in [4.78, 5) is 48.0. The predicted octanol–water partition coefficient (Wildman–Crippen LogP) is 1.79. The number of fused-ring (bicyclic) bond motifs is 3. The van der Waals surface area contributed by atoms with E-state index in [0.29, 0.717) is 43.1 Å². The Balaban J connectivity index is 1.27. The van der Waals surface area contributed by atoms with Crippen LogP contribution >= 0.6 is 0 Å². The molecule has 162 valence electrons. The molecule has 5 rings (SSSR count). The van der Waals surface area contributed by atoms with Gasteiger partial charge in [0.1, 0.15) is 29.7 Å². The van der Waals surface area contributed by atoms with Gasteiger partial charge in [-0.05, 0) is 18.2 Å². The smallest absolute Gasteiger partial charge is 0.297 e. The van der Waals surface area contributed by atoms with E-state index in [1.807, 2.05) is 23.1 Å². The minimum Gasteiger partial charge on any atom is -0.448 e. The van der Waals surface area contributed by atoms with Crippen LogP contribution in [-0.2, 0) is 11.3 Å². The number of hydrogen-bond donors (Lipinski definition) is 0. The Morgan fingerprint density at radius 3 is 2.59 bits per heavy atom. The number of carbonyl (C=O) groups excluding carboxylic acids is 1. The number of amides is 1. The summed E-state index contributed by atoms with van der Waals surface area (Å²) in [5, 5.41) is 11.5. The van der Waals surface area contributed by atoms with E-state index >= 15 is 0 Å². The van der Waals surface area contributed by atoms with E-state index in [2.05, 4.69) is 9.97 Å². The fraction of sp³-hybridized carbons (Fsp3) is 0.238. The number of aromatic nitrogens is 3. The Kier molecular flexibility index (Phi) is 4.77. The highest BCUT2D eigenvalue weighted by atomic mass is 16.6. The highest BCUT2D eigenvalue weighted by molar-refractivity contribution is 6.01. The summed E-state index contributed by atoms with van der Waals surface area (Å²) < 4.78 is 6.92. The Hall–Kier alpha value is -4.28. The molecule has 0 atom stereocenters. The van der Waals surface area contributed by atoms with Gasteiger partial charge in [0.2, 0.25) is 11.5 Å². The van der Waals surface area contributed by atoms with E-state index < -0.39 is 10.5 Å². The van der Waals surface area contributed by atoms with Crippen molar-refractivity contribution in [1.29, 1.82) is 0 Å². The second kappa shape index (κ2) is 7.76. The topological polar surface area (TPSA) is 128 Å². The molecule has 0 N–H and O–H groups in total. The number of pyridine rings is 1. The average molecular weight is 434 g/mol. The molecule has 0 spiro atoms. The lowest BCUT2D eigenvalue weighted by molar-refractivity contribution is -0.385. The van der Waals surface area contributed by atoms with E-state index in [-0.39, 0.29) is 23.7 Å². The van der Waals surface area contributed by atoms with Crippen molar-refractivity contribution in [3.8, 4) is 0 Å². The van der Waals surface area contributed by atoms with Gasteiger partial charge >= 0.3 is 0 Å². The first-order chi connectivity index (χ1) is 15.5. The first-order valence-corrected chi connectivity index (χ1v) is 10.0. The van der Waals surface area contributed by atoms with Crippen LogP contribution in [0.3, 0.4) is 0 Å². The first-order valence-electron chi connectivity index (χ1n) is 10.0. The average Bonchev–Trinajstić information content (AvgIpc) is 3.20. The van der Waals surface area contributed by atoms with Crippen LogP contribution in [0.5, 0.6) is 0 Å². The van der Waals surface area contributed by atoms with Crippen molar-refractivity contribution < 1.29 is 14.1 Å². The largest absolute Gasteiger partial charge is 0.448 e. The number of nitrogens with zero attached hydrogens (tertiary/aromatic N) is 6. The maximum Gasteiger partial charge on any atom is 0.297 e. The lowest BCUT2D eigenvalue weighted by Gasteiger charge is -2.35. The number of rotatable bonds is 4. The monoisotopic (exact) mass is 434 g/mol. The molecule has 1 aliphatic heterocycles. The van der Waals surface area contributed by atoms with Crippen molar-refractivity contribution in [3.05, 3.63) is 69.4 Å². The quantitative estimate of drug-likeness (QED) is 0.351. The molecule has 1 fully saturated rings. The molecule has 3 aromatic heterocycles. The maximum absolute atomic E-state index is 12.8. The van der Waals surface area contributed by atoms with Gasteiger partial charge in [-0.3, -0.25) is 24.3 Å².